The van der Waals surface area contributed by atoms with Crippen molar-refractivity contribution in [2.45, 2.75) is 31.2 Å². The van der Waals surface area contributed by atoms with E-state index in [1.54, 1.807) is 0 Å². The number of unbranched alkanes of at least 4 members (excludes halogenated alkanes) is 2. The average Bonchev–Trinajstić information content (AvgIpc) is 2.26. The molecule has 0 aliphatic carbocycles. The quantitative estimate of drug-likeness (QED) is 0.258. The van der Waals surface area contributed by atoms with Crippen molar-refractivity contribution in [2.75, 3.05) is 11.2 Å². The number of nitrogen functional groups attached to an aromatic ring is 1. The standard InChI is InChI=1S/C9H15FN4S/c1-2-3-4-5-15-8-7(10)6-12-9(13-8)14-11/h6H,2-5,11H2,1H3,(H,12,13,14). The van der Waals surface area contributed by atoms with Crippen LogP contribution in [0, 0.1) is 5.82 Å². The van der Waals surface area contributed by atoms with Crippen LogP contribution in [0.15, 0.2) is 11.2 Å². The van der Waals surface area contributed by atoms with Crippen LogP contribution in [0.5, 0.6) is 0 Å². The Hall–Kier alpha value is -0.880. The first-order chi connectivity index (χ1) is 7.27. The zero-order valence-corrected chi connectivity index (χ0v) is 9.48. The number of hydrogen-bond acceptors (Lipinski definition) is 5. The number of rotatable bonds is 6. The van der Waals surface area contributed by atoms with Gasteiger partial charge in [-0.2, -0.15) is 0 Å². The Morgan fingerprint density at radius 3 is 3.00 bits per heavy atom. The van der Waals surface area contributed by atoms with Crippen molar-refractivity contribution in [3.8, 4) is 0 Å². The molecule has 84 valence electrons. The van der Waals surface area contributed by atoms with E-state index in [9.17, 15) is 4.39 Å². The van der Waals surface area contributed by atoms with Gasteiger partial charge >= 0.3 is 0 Å². The van der Waals surface area contributed by atoms with Gasteiger partial charge in [0.1, 0.15) is 5.03 Å². The lowest BCUT2D eigenvalue weighted by molar-refractivity contribution is 0.579. The molecule has 1 heterocycles. The molecule has 0 spiro atoms. The highest BCUT2D eigenvalue weighted by Gasteiger charge is 2.06. The number of nitrogens with two attached hydrogens (primary N) is 1. The predicted molar refractivity (Wildman–Crippen MR) is 60.0 cm³/mol. The number of aromatic nitrogens is 2. The summed E-state index contributed by atoms with van der Waals surface area (Å²) in [5, 5.41) is 0.356. The molecule has 0 aliphatic rings. The van der Waals surface area contributed by atoms with Gasteiger partial charge in [-0.05, 0) is 12.2 Å². The summed E-state index contributed by atoms with van der Waals surface area (Å²) in [4.78, 5) is 7.60. The van der Waals surface area contributed by atoms with Crippen molar-refractivity contribution in [3.63, 3.8) is 0 Å². The Morgan fingerprint density at radius 2 is 2.33 bits per heavy atom. The van der Waals surface area contributed by atoms with Gasteiger partial charge < -0.3 is 0 Å². The van der Waals surface area contributed by atoms with Gasteiger partial charge in [0.2, 0.25) is 5.95 Å². The summed E-state index contributed by atoms with van der Waals surface area (Å²) in [5.41, 5.74) is 2.29. The molecule has 1 rings (SSSR count). The first-order valence-electron chi connectivity index (χ1n) is 4.90. The second-order valence-electron chi connectivity index (χ2n) is 3.05. The maximum absolute atomic E-state index is 13.2. The summed E-state index contributed by atoms with van der Waals surface area (Å²) >= 11 is 1.39. The van der Waals surface area contributed by atoms with Crippen molar-refractivity contribution < 1.29 is 4.39 Å². The van der Waals surface area contributed by atoms with E-state index in [0.717, 1.165) is 31.2 Å². The highest BCUT2D eigenvalue weighted by Crippen LogP contribution is 2.21. The second kappa shape index (κ2) is 6.58. The van der Waals surface area contributed by atoms with Crippen molar-refractivity contribution in [1.82, 2.24) is 9.97 Å². The first-order valence-corrected chi connectivity index (χ1v) is 5.88. The van der Waals surface area contributed by atoms with E-state index in [1.165, 1.54) is 11.8 Å². The molecule has 6 heteroatoms. The van der Waals surface area contributed by atoms with E-state index >= 15 is 0 Å². The lowest BCUT2D eigenvalue weighted by Crippen LogP contribution is -2.11. The van der Waals surface area contributed by atoms with Crippen LogP contribution >= 0.6 is 11.8 Å². The molecule has 0 amide bonds. The topological polar surface area (TPSA) is 63.8 Å². The average molecular weight is 230 g/mol. The molecular formula is C9H15FN4S. The molecule has 0 radical (unpaired) electrons. The van der Waals surface area contributed by atoms with Crippen LogP contribution in [-0.4, -0.2) is 15.7 Å². The van der Waals surface area contributed by atoms with Crippen LogP contribution in [-0.2, 0) is 0 Å². The predicted octanol–water partition coefficient (Wildman–Crippen LogP) is 2.18. The number of anilines is 1. The number of nitrogens with one attached hydrogen (secondary N) is 1. The number of hydrogen-bond donors (Lipinski definition) is 2. The van der Waals surface area contributed by atoms with Gasteiger partial charge in [0.05, 0.1) is 6.20 Å². The molecule has 3 N–H and O–H groups in total. The highest BCUT2D eigenvalue weighted by atomic mass is 32.2. The van der Waals surface area contributed by atoms with E-state index in [-0.39, 0.29) is 5.95 Å². The Morgan fingerprint density at radius 1 is 1.53 bits per heavy atom. The van der Waals surface area contributed by atoms with Gasteiger partial charge in [-0.25, -0.2) is 20.2 Å². The fourth-order valence-corrected chi connectivity index (χ4v) is 1.93. The highest BCUT2D eigenvalue weighted by molar-refractivity contribution is 7.99. The number of halogens is 1. The Kier molecular flexibility index (Phi) is 5.34. The summed E-state index contributed by atoms with van der Waals surface area (Å²) < 4.78 is 13.2. The lowest BCUT2D eigenvalue weighted by Gasteiger charge is -2.03. The molecule has 15 heavy (non-hydrogen) atoms. The van der Waals surface area contributed by atoms with Crippen LogP contribution in [0.25, 0.3) is 0 Å². The van der Waals surface area contributed by atoms with Gasteiger partial charge in [0.15, 0.2) is 5.82 Å². The number of nitrogens with zero attached hydrogens (tertiary/aromatic N) is 2. The van der Waals surface area contributed by atoms with Gasteiger partial charge in [0.25, 0.3) is 0 Å². The Bertz CT molecular complexity index is 308. The van der Waals surface area contributed by atoms with E-state index in [4.69, 9.17) is 5.84 Å². The normalized spacial score (nSPS) is 10.3. The molecule has 0 saturated carbocycles. The largest absolute Gasteiger partial charge is 0.292 e. The maximum Gasteiger partial charge on any atom is 0.238 e. The van der Waals surface area contributed by atoms with Crippen molar-refractivity contribution in [1.29, 1.82) is 0 Å². The third-order valence-corrected chi connectivity index (χ3v) is 2.88. The molecular weight excluding hydrogens is 215 g/mol. The Balaban J connectivity index is 2.51. The summed E-state index contributed by atoms with van der Waals surface area (Å²) in [6, 6.07) is 0. The molecule has 0 aromatic carbocycles. The number of hydrazine groups is 1. The smallest absolute Gasteiger partial charge is 0.238 e. The minimum absolute atomic E-state index is 0.245. The molecule has 0 fully saturated rings. The first kappa shape index (κ1) is 12.2. The summed E-state index contributed by atoms with van der Waals surface area (Å²) in [7, 11) is 0. The lowest BCUT2D eigenvalue weighted by atomic mass is 10.3. The van der Waals surface area contributed by atoms with Crippen molar-refractivity contribution in [2.24, 2.45) is 5.84 Å². The SMILES string of the molecule is CCCCCSc1nc(NN)ncc1F. The zero-order chi connectivity index (χ0) is 11.1. The van der Waals surface area contributed by atoms with Crippen LogP contribution in [0.3, 0.4) is 0 Å². The van der Waals surface area contributed by atoms with Gasteiger partial charge in [-0.1, -0.05) is 19.8 Å². The molecule has 1 aromatic heterocycles. The van der Waals surface area contributed by atoms with E-state index < -0.39 is 5.82 Å². The van der Waals surface area contributed by atoms with E-state index in [0.29, 0.717) is 5.03 Å². The molecule has 0 atom stereocenters. The molecule has 0 saturated heterocycles. The van der Waals surface area contributed by atoms with Crippen LogP contribution in [0.2, 0.25) is 0 Å². The van der Waals surface area contributed by atoms with Crippen molar-refractivity contribution >= 4 is 17.7 Å². The minimum atomic E-state index is -0.393. The summed E-state index contributed by atoms with van der Waals surface area (Å²) in [5.74, 6) is 5.86. The molecule has 4 nitrogen and oxygen atoms in total. The zero-order valence-electron chi connectivity index (χ0n) is 8.66. The molecule has 0 aliphatic heterocycles. The molecule has 0 unspecified atom stereocenters. The fraction of sp³-hybridized carbons (Fsp3) is 0.556. The van der Waals surface area contributed by atoms with Crippen LogP contribution in [0.1, 0.15) is 26.2 Å². The fourth-order valence-electron chi connectivity index (χ4n) is 1.04. The third-order valence-electron chi connectivity index (χ3n) is 1.83. The molecule has 1 aromatic rings. The summed E-state index contributed by atoms with van der Waals surface area (Å²) in [6.45, 7) is 2.13. The van der Waals surface area contributed by atoms with Gasteiger partial charge in [0, 0.05) is 0 Å². The second-order valence-corrected chi connectivity index (χ2v) is 4.13. The van der Waals surface area contributed by atoms with E-state index in [1.807, 2.05) is 0 Å². The van der Waals surface area contributed by atoms with Gasteiger partial charge in [-0.15, -0.1) is 11.8 Å². The van der Waals surface area contributed by atoms with Crippen molar-refractivity contribution in [3.05, 3.63) is 12.0 Å². The number of thioether (sulfide) groups is 1. The minimum Gasteiger partial charge on any atom is -0.292 e. The Labute approximate surface area is 92.8 Å². The third kappa shape index (κ3) is 4.01. The van der Waals surface area contributed by atoms with Gasteiger partial charge in [-0.3, -0.25) is 5.43 Å². The monoisotopic (exact) mass is 230 g/mol. The van der Waals surface area contributed by atoms with E-state index in [2.05, 4.69) is 22.3 Å². The van der Waals surface area contributed by atoms with Crippen LogP contribution < -0.4 is 11.3 Å². The summed E-state index contributed by atoms with van der Waals surface area (Å²) in [6.07, 6.45) is 4.50. The maximum atomic E-state index is 13.2. The molecule has 0 bridgehead atoms. The van der Waals surface area contributed by atoms with Crippen LogP contribution in [0.4, 0.5) is 10.3 Å².